The zero-order valence-electron chi connectivity index (χ0n) is 13.6. The lowest BCUT2D eigenvalue weighted by Crippen LogP contribution is -2.39. The second-order valence-corrected chi connectivity index (χ2v) is 6.45. The zero-order chi connectivity index (χ0) is 15.8. The molecule has 0 bridgehead atoms. The first-order chi connectivity index (χ1) is 10.6. The van der Waals surface area contributed by atoms with Crippen LogP contribution in [-0.4, -0.2) is 25.6 Å². The van der Waals surface area contributed by atoms with E-state index < -0.39 is 0 Å². The van der Waals surface area contributed by atoms with Crippen LogP contribution in [-0.2, 0) is 4.79 Å². The Hall–Kier alpha value is -1.55. The van der Waals surface area contributed by atoms with Crippen molar-refractivity contribution in [3.05, 3.63) is 29.8 Å². The van der Waals surface area contributed by atoms with Crippen molar-refractivity contribution in [3.8, 4) is 5.75 Å². The van der Waals surface area contributed by atoms with Crippen LogP contribution in [0, 0.1) is 12.3 Å². The molecule has 4 nitrogen and oxygen atoms in total. The van der Waals surface area contributed by atoms with Crippen LogP contribution in [0.5, 0.6) is 5.75 Å². The number of aryl methyl sites for hydroxylation is 1. The first-order valence-electron chi connectivity index (χ1n) is 8.30. The molecule has 0 unspecified atom stereocenters. The quantitative estimate of drug-likeness (QED) is 0.761. The predicted molar refractivity (Wildman–Crippen MR) is 88.9 cm³/mol. The van der Waals surface area contributed by atoms with E-state index in [-0.39, 0.29) is 11.3 Å². The highest BCUT2D eigenvalue weighted by Crippen LogP contribution is 2.38. The van der Waals surface area contributed by atoms with Crippen LogP contribution in [0.4, 0.5) is 0 Å². The van der Waals surface area contributed by atoms with E-state index in [1.165, 1.54) is 24.8 Å². The highest BCUT2D eigenvalue weighted by molar-refractivity contribution is 5.76. The van der Waals surface area contributed by atoms with Crippen LogP contribution < -0.4 is 15.8 Å². The van der Waals surface area contributed by atoms with Crippen molar-refractivity contribution >= 4 is 5.91 Å². The molecule has 0 aliphatic heterocycles. The molecule has 1 aliphatic rings. The van der Waals surface area contributed by atoms with Gasteiger partial charge in [0.1, 0.15) is 12.4 Å². The molecule has 2 rings (SSSR count). The van der Waals surface area contributed by atoms with E-state index in [1.807, 2.05) is 31.2 Å². The minimum atomic E-state index is 0.0279. The largest absolute Gasteiger partial charge is 0.492 e. The van der Waals surface area contributed by atoms with Crippen molar-refractivity contribution in [3.63, 3.8) is 0 Å². The van der Waals surface area contributed by atoms with E-state index in [0.717, 1.165) is 18.6 Å². The monoisotopic (exact) mass is 304 g/mol. The van der Waals surface area contributed by atoms with Crippen LogP contribution in [0.25, 0.3) is 0 Å². The maximum absolute atomic E-state index is 12.1. The standard InChI is InChI=1S/C18H28N2O2/c1-15-5-7-16(8-6-15)22-12-11-20-17(21)13-18(14-19)9-3-2-4-10-18/h5-8H,2-4,9-14,19H2,1H3,(H,20,21). The summed E-state index contributed by atoms with van der Waals surface area (Å²) in [4.78, 5) is 12.1. The minimum absolute atomic E-state index is 0.0279. The Kier molecular flexibility index (Phi) is 6.25. The van der Waals surface area contributed by atoms with Gasteiger partial charge in [-0.15, -0.1) is 0 Å². The summed E-state index contributed by atoms with van der Waals surface area (Å²) in [6, 6.07) is 7.93. The van der Waals surface area contributed by atoms with Gasteiger partial charge < -0.3 is 15.8 Å². The number of hydrogen-bond acceptors (Lipinski definition) is 3. The summed E-state index contributed by atoms with van der Waals surface area (Å²) in [5.41, 5.74) is 7.16. The molecule has 122 valence electrons. The van der Waals surface area contributed by atoms with Crippen LogP contribution in [0.15, 0.2) is 24.3 Å². The van der Waals surface area contributed by atoms with E-state index >= 15 is 0 Å². The Morgan fingerprint density at radius 3 is 2.55 bits per heavy atom. The molecule has 1 aromatic rings. The van der Waals surface area contributed by atoms with Crippen molar-refractivity contribution in [2.45, 2.75) is 45.4 Å². The van der Waals surface area contributed by atoms with Crippen molar-refractivity contribution in [2.75, 3.05) is 19.7 Å². The van der Waals surface area contributed by atoms with Crippen molar-refractivity contribution in [1.82, 2.24) is 5.32 Å². The summed E-state index contributed by atoms with van der Waals surface area (Å²) >= 11 is 0. The van der Waals surface area contributed by atoms with Gasteiger partial charge in [0.2, 0.25) is 5.91 Å². The Labute approximate surface area is 133 Å². The van der Waals surface area contributed by atoms with Gasteiger partial charge in [-0.1, -0.05) is 37.0 Å². The fourth-order valence-electron chi connectivity index (χ4n) is 3.15. The van der Waals surface area contributed by atoms with Crippen LogP contribution in [0.2, 0.25) is 0 Å². The molecule has 1 aromatic carbocycles. The Morgan fingerprint density at radius 2 is 1.91 bits per heavy atom. The molecule has 0 atom stereocenters. The first-order valence-corrected chi connectivity index (χ1v) is 8.30. The van der Waals surface area contributed by atoms with Gasteiger partial charge in [0.05, 0.1) is 6.54 Å². The average molecular weight is 304 g/mol. The third kappa shape index (κ3) is 5.02. The molecular formula is C18H28N2O2. The Morgan fingerprint density at radius 1 is 1.23 bits per heavy atom. The van der Waals surface area contributed by atoms with Gasteiger partial charge in [-0.25, -0.2) is 0 Å². The third-order valence-electron chi connectivity index (χ3n) is 4.60. The van der Waals surface area contributed by atoms with Gasteiger partial charge in [-0.3, -0.25) is 4.79 Å². The fraction of sp³-hybridized carbons (Fsp3) is 0.611. The Bertz CT molecular complexity index is 464. The maximum Gasteiger partial charge on any atom is 0.220 e. The first kappa shape index (κ1) is 16.8. The molecule has 1 saturated carbocycles. The number of carbonyl (C=O) groups is 1. The van der Waals surface area contributed by atoms with Crippen molar-refractivity contribution in [1.29, 1.82) is 0 Å². The number of nitrogens with two attached hydrogens (primary N) is 1. The molecule has 22 heavy (non-hydrogen) atoms. The molecule has 0 aromatic heterocycles. The normalized spacial score (nSPS) is 17.0. The summed E-state index contributed by atoms with van der Waals surface area (Å²) in [6.45, 7) is 3.68. The lowest BCUT2D eigenvalue weighted by molar-refractivity contribution is -0.124. The lowest BCUT2D eigenvalue weighted by atomic mass is 9.72. The number of benzene rings is 1. The van der Waals surface area contributed by atoms with E-state index in [4.69, 9.17) is 10.5 Å². The van der Waals surface area contributed by atoms with Gasteiger partial charge in [0.15, 0.2) is 0 Å². The molecule has 1 aliphatic carbocycles. The Balaban J connectivity index is 1.68. The SMILES string of the molecule is Cc1ccc(OCCNC(=O)CC2(CN)CCCCC2)cc1. The topological polar surface area (TPSA) is 64.3 Å². The number of rotatable bonds is 7. The average Bonchev–Trinajstić information content (AvgIpc) is 2.54. The number of nitrogens with one attached hydrogen (secondary N) is 1. The van der Waals surface area contributed by atoms with Crippen molar-refractivity contribution in [2.24, 2.45) is 11.1 Å². The smallest absolute Gasteiger partial charge is 0.220 e. The molecule has 1 fully saturated rings. The number of ether oxygens (including phenoxy) is 1. The van der Waals surface area contributed by atoms with E-state index in [2.05, 4.69) is 5.32 Å². The highest BCUT2D eigenvalue weighted by atomic mass is 16.5. The van der Waals surface area contributed by atoms with Crippen molar-refractivity contribution < 1.29 is 9.53 Å². The predicted octanol–water partition coefficient (Wildman–Crippen LogP) is 2.79. The molecule has 4 heteroatoms. The number of carbonyl (C=O) groups excluding carboxylic acids is 1. The molecule has 0 saturated heterocycles. The summed E-state index contributed by atoms with van der Waals surface area (Å²) in [7, 11) is 0. The van der Waals surface area contributed by atoms with E-state index in [1.54, 1.807) is 0 Å². The fourth-order valence-corrected chi connectivity index (χ4v) is 3.15. The number of hydrogen-bond donors (Lipinski definition) is 2. The van der Waals surface area contributed by atoms with Gasteiger partial charge in [-0.05, 0) is 43.9 Å². The lowest BCUT2D eigenvalue weighted by Gasteiger charge is -2.35. The summed E-state index contributed by atoms with van der Waals surface area (Å²) < 4.78 is 5.61. The van der Waals surface area contributed by atoms with Gasteiger partial charge in [0, 0.05) is 6.42 Å². The molecule has 1 amide bonds. The molecule has 0 radical (unpaired) electrons. The van der Waals surface area contributed by atoms with Crippen LogP contribution in [0.1, 0.15) is 44.1 Å². The molecule has 0 heterocycles. The van der Waals surface area contributed by atoms with Crippen LogP contribution >= 0.6 is 0 Å². The van der Waals surface area contributed by atoms with Gasteiger partial charge in [-0.2, -0.15) is 0 Å². The molecule has 3 N–H and O–H groups in total. The van der Waals surface area contributed by atoms with E-state index in [9.17, 15) is 4.79 Å². The highest BCUT2D eigenvalue weighted by Gasteiger charge is 2.32. The van der Waals surface area contributed by atoms with Gasteiger partial charge >= 0.3 is 0 Å². The molecular weight excluding hydrogens is 276 g/mol. The van der Waals surface area contributed by atoms with E-state index in [0.29, 0.717) is 26.1 Å². The molecule has 0 spiro atoms. The van der Waals surface area contributed by atoms with Crippen LogP contribution in [0.3, 0.4) is 0 Å². The maximum atomic E-state index is 12.1. The third-order valence-corrected chi connectivity index (χ3v) is 4.60. The summed E-state index contributed by atoms with van der Waals surface area (Å²) in [5.74, 6) is 0.936. The zero-order valence-corrected chi connectivity index (χ0v) is 13.6. The summed E-state index contributed by atoms with van der Waals surface area (Å²) in [5, 5.41) is 2.95. The second kappa shape index (κ2) is 8.18. The second-order valence-electron chi connectivity index (χ2n) is 6.45. The van der Waals surface area contributed by atoms with Gasteiger partial charge in [0.25, 0.3) is 0 Å². The summed E-state index contributed by atoms with van der Waals surface area (Å²) in [6.07, 6.45) is 6.37. The minimum Gasteiger partial charge on any atom is -0.492 e. The number of amides is 1.